The van der Waals surface area contributed by atoms with Crippen molar-refractivity contribution in [2.24, 2.45) is 0 Å². The normalized spacial score (nSPS) is 10.1. The SMILES string of the molecule is CCN(C)c1cnn(Cc2ccnc(C#N)c2)c(=O)c1. The Morgan fingerprint density at radius 3 is 2.90 bits per heavy atom. The molecule has 0 bridgehead atoms. The van der Waals surface area contributed by atoms with Gasteiger partial charge in [-0.3, -0.25) is 4.79 Å². The summed E-state index contributed by atoms with van der Waals surface area (Å²) in [6.45, 7) is 3.14. The van der Waals surface area contributed by atoms with Crippen LogP contribution in [0.1, 0.15) is 18.2 Å². The van der Waals surface area contributed by atoms with E-state index in [9.17, 15) is 4.79 Å². The molecule has 6 nitrogen and oxygen atoms in total. The Bertz CT molecular complexity index is 701. The first-order valence-electron chi connectivity index (χ1n) is 6.27. The molecule has 0 aliphatic heterocycles. The Balaban J connectivity index is 2.26. The van der Waals surface area contributed by atoms with Crippen LogP contribution < -0.4 is 10.5 Å². The lowest BCUT2D eigenvalue weighted by atomic mass is 10.2. The Morgan fingerprint density at radius 2 is 2.25 bits per heavy atom. The third kappa shape index (κ3) is 3.01. The van der Waals surface area contributed by atoms with Crippen molar-refractivity contribution in [3.63, 3.8) is 0 Å². The standard InChI is InChI=1S/C14H15N5O/c1-3-18(2)13-7-14(20)19(17-9-13)10-11-4-5-16-12(6-11)8-15/h4-7,9H,3,10H2,1-2H3. The lowest BCUT2D eigenvalue weighted by molar-refractivity contribution is 0.637. The third-order valence-corrected chi connectivity index (χ3v) is 3.04. The van der Waals surface area contributed by atoms with Crippen molar-refractivity contribution in [3.8, 4) is 6.07 Å². The van der Waals surface area contributed by atoms with Crippen LogP contribution in [0, 0.1) is 11.3 Å². The van der Waals surface area contributed by atoms with Gasteiger partial charge >= 0.3 is 0 Å². The largest absolute Gasteiger partial charge is 0.373 e. The van der Waals surface area contributed by atoms with Gasteiger partial charge in [0, 0.05) is 25.9 Å². The Hall–Kier alpha value is -2.68. The van der Waals surface area contributed by atoms with Crippen LogP contribution in [0.3, 0.4) is 0 Å². The molecule has 2 heterocycles. The maximum atomic E-state index is 12.0. The van der Waals surface area contributed by atoms with Crippen molar-refractivity contribution in [2.75, 3.05) is 18.5 Å². The van der Waals surface area contributed by atoms with E-state index in [0.29, 0.717) is 12.2 Å². The van der Waals surface area contributed by atoms with E-state index in [0.717, 1.165) is 17.8 Å². The van der Waals surface area contributed by atoms with Crippen LogP contribution in [0.5, 0.6) is 0 Å². The van der Waals surface area contributed by atoms with Gasteiger partial charge in [-0.2, -0.15) is 10.4 Å². The van der Waals surface area contributed by atoms with E-state index in [-0.39, 0.29) is 5.56 Å². The van der Waals surface area contributed by atoms with Crippen LogP contribution in [0.4, 0.5) is 5.69 Å². The number of aromatic nitrogens is 3. The first kappa shape index (κ1) is 13.7. The summed E-state index contributed by atoms with van der Waals surface area (Å²) in [6.07, 6.45) is 3.22. The summed E-state index contributed by atoms with van der Waals surface area (Å²) in [5, 5.41) is 13.0. The summed E-state index contributed by atoms with van der Waals surface area (Å²) in [5.41, 5.74) is 1.78. The van der Waals surface area contributed by atoms with E-state index >= 15 is 0 Å². The molecule has 0 radical (unpaired) electrons. The van der Waals surface area contributed by atoms with Crippen molar-refractivity contribution >= 4 is 5.69 Å². The average molecular weight is 269 g/mol. The molecule has 0 fully saturated rings. The Morgan fingerprint density at radius 1 is 1.45 bits per heavy atom. The second-order valence-electron chi connectivity index (χ2n) is 4.38. The molecule has 0 atom stereocenters. The number of nitriles is 1. The number of hydrogen-bond donors (Lipinski definition) is 0. The molecule has 2 aromatic heterocycles. The highest BCUT2D eigenvalue weighted by molar-refractivity contribution is 5.41. The third-order valence-electron chi connectivity index (χ3n) is 3.04. The smallest absolute Gasteiger partial charge is 0.269 e. The van der Waals surface area contributed by atoms with Gasteiger partial charge < -0.3 is 4.90 Å². The number of rotatable bonds is 4. The molecule has 0 spiro atoms. The quantitative estimate of drug-likeness (QED) is 0.828. The van der Waals surface area contributed by atoms with Crippen molar-refractivity contribution in [3.05, 3.63) is 52.2 Å². The summed E-state index contributed by atoms with van der Waals surface area (Å²) in [4.78, 5) is 17.9. The summed E-state index contributed by atoms with van der Waals surface area (Å²) in [6, 6.07) is 6.95. The average Bonchev–Trinajstić information content (AvgIpc) is 2.48. The second-order valence-corrected chi connectivity index (χ2v) is 4.38. The zero-order valence-electron chi connectivity index (χ0n) is 11.4. The molecule has 102 valence electrons. The monoisotopic (exact) mass is 269 g/mol. The van der Waals surface area contributed by atoms with Gasteiger partial charge in [0.25, 0.3) is 5.56 Å². The summed E-state index contributed by atoms with van der Waals surface area (Å²) < 4.78 is 1.36. The molecular formula is C14H15N5O. The van der Waals surface area contributed by atoms with Crippen LogP contribution in [0.15, 0.2) is 35.4 Å². The molecule has 0 N–H and O–H groups in total. The van der Waals surface area contributed by atoms with Crippen LogP contribution in [0.25, 0.3) is 0 Å². The molecule has 0 aromatic carbocycles. The van der Waals surface area contributed by atoms with E-state index in [1.54, 1.807) is 30.6 Å². The van der Waals surface area contributed by atoms with Crippen LogP contribution in [-0.4, -0.2) is 28.4 Å². The zero-order valence-corrected chi connectivity index (χ0v) is 11.4. The molecule has 0 aliphatic rings. The van der Waals surface area contributed by atoms with E-state index in [1.807, 2.05) is 24.9 Å². The van der Waals surface area contributed by atoms with Gasteiger partial charge in [0.1, 0.15) is 11.8 Å². The fourth-order valence-corrected chi connectivity index (χ4v) is 1.74. The van der Waals surface area contributed by atoms with Gasteiger partial charge in [0.15, 0.2) is 0 Å². The minimum absolute atomic E-state index is 0.168. The predicted octanol–water partition coefficient (Wildman–Crippen LogP) is 1.01. The van der Waals surface area contributed by atoms with Gasteiger partial charge in [-0.1, -0.05) is 0 Å². The number of anilines is 1. The summed E-state index contributed by atoms with van der Waals surface area (Å²) in [7, 11) is 1.91. The van der Waals surface area contributed by atoms with Gasteiger partial charge in [-0.15, -0.1) is 0 Å². The first-order valence-corrected chi connectivity index (χ1v) is 6.27. The maximum Gasteiger partial charge on any atom is 0.269 e. The van der Waals surface area contributed by atoms with Crippen LogP contribution in [0.2, 0.25) is 0 Å². The van der Waals surface area contributed by atoms with Crippen molar-refractivity contribution in [1.82, 2.24) is 14.8 Å². The zero-order chi connectivity index (χ0) is 14.5. The lowest BCUT2D eigenvalue weighted by Crippen LogP contribution is -2.26. The molecule has 0 unspecified atom stereocenters. The molecule has 6 heteroatoms. The van der Waals surface area contributed by atoms with Gasteiger partial charge in [0.2, 0.25) is 0 Å². The number of hydrogen-bond acceptors (Lipinski definition) is 5. The molecule has 0 saturated heterocycles. The summed E-state index contributed by atoms with van der Waals surface area (Å²) >= 11 is 0. The highest BCUT2D eigenvalue weighted by Gasteiger charge is 2.05. The van der Waals surface area contributed by atoms with Crippen LogP contribution in [-0.2, 0) is 6.54 Å². The molecule has 2 rings (SSSR count). The molecule has 2 aromatic rings. The molecule has 0 aliphatic carbocycles. The van der Waals surface area contributed by atoms with E-state index in [1.165, 1.54) is 4.68 Å². The lowest BCUT2D eigenvalue weighted by Gasteiger charge is -2.16. The molecule has 0 amide bonds. The minimum Gasteiger partial charge on any atom is -0.373 e. The highest BCUT2D eigenvalue weighted by Crippen LogP contribution is 2.07. The second kappa shape index (κ2) is 5.97. The topological polar surface area (TPSA) is 74.8 Å². The van der Waals surface area contributed by atoms with E-state index in [2.05, 4.69) is 10.1 Å². The molecule has 20 heavy (non-hydrogen) atoms. The highest BCUT2D eigenvalue weighted by atomic mass is 16.1. The molecular weight excluding hydrogens is 254 g/mol. The van der Waals surface area contributed by atoms with Gasteiger partial charge in [0.05, 0.1) is 18.4 Å². The number of nitrogens with zero attached hydrogens (tertiary/aromatic N) is 5. The van der Waals surface area contributed by atoms with E-state index in [4.69, 9.17) is 5.26 Å². The fraction of sp³-hybridized carbons (Fsp3) is 0.286. The van der Waals surface area contributed by atoms with E-state index < -0.39 is 0 Å². The Kier molecular flexibility index (Phi) is 4.11. The fourth-order valence-electron chi connectivity index (χ4n) is 1.74. The van der Waals surface area contributed by atoms with Gasteiger partial charge in [-0.25, -0.2) is 9.67 Å². The Labute approximate surface area is 116 Å². The first-order chi connectivity index (χ1) is 9.63. The summed E-state index contributed by atoms with van der Waals surface area (Å²) in [5.74, 6) is 0. The van der Waals surface area contributed by atoms with Crippen LogP contribution >= 0.6 is 0 Å². The number of pyridine rings is 1. The van der Waals surface area contributed by atoms with Crippen molar-refractivity contribution < 1.29 is 0 Å². The van der Waals surface area contributed by atoms with Crippen molar-refractivity contribution in [2.45, 2.75) is 13.5 Å². The predicted molar refractivity (Wildman–Crippen MR) is 75.5 cm³/mol. The minimum atomic E-state index is -0.168. The van der Waals surface area contributed by atoms with Crippen molar-refractivity contribution in [1.29, 1.82) is 5.26 Å². The molecule has 0 saturated carbocycles. The van der Waals surface area contributed by atoms with Gasteiger partial charge in [-0.05, 0) is 24.6 Å². The maximum absolute atomic E-state index is 12.0.